The second kappa shape index (κ2) is 8.92. The van der Waals surface area contributed by atoms with E-state index in [4.69, 9.17) is 9.84 Å². The van der Waals surface area contributed by atoms with Crippen LogP contribution in [-0.4, -0.2) is 30.2 Å². The maximum atomic E-state index is 11.8. The topological polar surface area (TPSA) is 75.6 Å². The molecule has 0 spiro atoms. The lowest BCUT2D eigenvalue weighted by Gasteiger charge is -2.11. The number of aliphatic carboxylic acids is 1. The van der Waals surface area contributed by atoms with Gasteiger partial charge in [-0.05, 0) is 42.7 Å². The molecule has 0 radical (unpaired) electrons. The van der Waals surface area contributed by atoms with Crippen LogP contribution < -0.4 is 5.32 Å². The molecule has 0 aliphatic heterocycles. The number of hydrogen-bond acceptors (Lipinski definition) is 3. The Bertz CT molecular complexity index is 523. The summed E-state index contributed by atoms with van der Waals surface area (Å²) in [7, 11) is 0. The minimum absolute atomic E-state index is 0.0908. The highest BCUT2D eigenvalue weighted by Crippen LogP contribution is 2.19. The van der Waals surface area contributed by atoms with Gasteiger partial charge in [-0.1, -0.05) is 13.0 Å². The van der Waals surface area contributed by atoms with E-state index in [1.165, 1.54) is 6.08 Å². The van der Waals surface area contributed by atoms with Gasteiger partial charge in [0.1, 0.15) is 0 Å². The summed E-state index contributed by atoms with van der Waals surface area (Å²) in [4.78, 5) is 22.3. The number of anilines is 1. The first-order valence-corrected chi connectivity index (χ1v) is 6.98. The number of amides is 1. The van der Waals surface area contributed by atoms with E-state index in [0.29, 0.717) is 19.6 Å². The van der Waals surface area contributed by atoms with Gasteiger partial charge in [0, 0.05) is 18.4 Å². The summed E-state index contributed by atoms with van der Waals surface area (Å²) >= 11 is 0. The van der Waals surface area contributed by atoms with Gasteiger partial charge in [0.25, 0.3) is 0 Å². The minimum Gasteiger partial charge on any atom is -0.478 e. The zero-order valence-corrected chi connectivity index (χ0v) is 12.4. The fourth-order valence-corrected chi connectivity index (χ4v) is 1.82. The van der Waals surface area contributed by atoms with Crippen molar-refractivity contribution in [3.8, 4) is 0 Å². The van der Waals surface area contributed by atoms with Gasteiger partial charge in [-0.15, -0.1) is 0 Å². The van der Waals surface area contributed by atoms with E-state index in [-0.39, 0.29) is 5.91 Å². The second-order valence-electron chi connectivity index (χ2n) is 4.44. The van der Waals surface area contributed by atoms with E-state index >= 15 is 0 Å². The normalized spacial score (nSPS) is 10.8. The Morgan fingerprint density at radius 3 is 2.71 bits per heavy atom. The molecule has 0 unspecified atom stereocenters. The Hall–Kier alpha value is -2.14. The average molecular weight is 291 g/mol. The number of carboxylic acid groups (broad SMARTS) is 1. The van der Waals surface area contributed by atoms with Crippen LogP contribution in [0.5, 0.6) is 0 Å². The Labute approximate surface area is 124 Å². The third-order valence-electron chi connectivity index (χ3n) is 2.88. The number of carboxylic acids is 1. The van der Waals surface area contributed by atoms with Gasteiger partial charge in [0.05, 0.1) is 13.0 Å². The Morgan fingerprint density at radius 1 is 1.33 bits per heavy atom. The predicted molar refractivity (Wildman–Crippen MR) is 82.2 cm³/mol. The lowest BCUT2D eigenvalue weighted by atomic mass is 10.1. The van der Waals surface area contributed by atoms with E-state index in [2.05, 4.69) is 5.32 Å². The van der Waals surface area contributed by atoms with Gasteiger partial charge in [-0.2, -0.15) is 0 Å². The molecule has 0 aliphatic rings. The molecule has 0 heterocycles. The van der Waals surface area contributed by atoms with E-state index in [1.54, 1.807) is 12.1 Å². The Balaban J connectivity index is 2.74. The summed E-state index contributed by atoms with van der Waals surface area (Å²) in [6.45, 7) is 4.87. The predicted octanol–water partition coefficient (Wildman–Crippen LogP) is 2.71. The molecular weight excluding hydrogens is 270 g/mol. The van der Waals surface area contributed by atoms with Crippen molar-refractivity contribution in [3.63, 3.8) is 0 Å². The molecule has 21 heavy (non-hydrogen) atoms. The van der Waals surface area contributed by atoms with E-state index in [1.807, 2.05) is 19.9 Å². The lowest BCUT2D eigenvalue weighted by molar-refractivity contribution is -0.131. The standard InChI is InChI=1S/C16H21NO4/c1-3-13-11-12(6-8-16(19)20)5-7-14(13)17-15(18)9-10-21-4-2/h5-8,11H,3-4,9-10H2,1-2H3,(H,17,18)(H,19,20)/b8-6+. The molecule has 2 N–H and O–H groups in total. The number of ether oxygens (including phenoxy) is 1. The number of aryl methyl sites for hydroxylation is 1. The molecule has 5 nitrogen and oxygen atoms in total. The summed E-state index contributed by atoms with van der Waals surface area (Å²) in [5, 5.41) is 11.5. The average Bonchev–Trinajstić information content (AvgIpc) is 2.46. The number of carbonyl (C=O) groups is 2. The van der Waals surface area contributed by atoms with Gasteiger partial charge in [-0.3, -0.25) is 4.79 Å². The number of hydrogen-bond donors (Lipinski definition) is 2. The van der Waals surface area contributed by atoms with Crippen molar-refractivity contribution in [2.45, 2.75) is 26.7 Å². The van der Waals surface area contributed by atoms with Gasteiger partial charge in [-0.25, -0.2) is 4.79 Å². The maximum absolute atomic E-state index is 11.8. The molecule has 0 saturated heterocycles. The molecule has 0 aromatic heterocycles. The fraction of sp³-hybridized carbons (Fsp3) is 0.375. The van der Waals surface area contributed by atoms with Crippen LogP contribution in [0.15, 0.2) is 24.3 Å². The first-order valence-electron chi connectivity index (χ1n) is 6.98. The molecule has 0 aliphatic carbocycles. The minimum atomic E-state index is -0.985. The summed E-state index contributed by atoms with van der Waals surface area (Å²) < 4.78 is 5.15. The zero-order chi connectivity index (χ0) is 15.7. The molecular formula is C16H21NO4. The number of rotatable bonds is 8. The van der Waals surface area contributed by atoms with Crippen LogP contribution in [0.4, 0.5) is 5.69 Å². The maximum Gasteiger partial charge on any atom is 0.328 e. The Morgan fingerprint density at radius 2 is 2.10 bits per heavy atom. The van der Waals surface area contributed by atoms with Crippen molar-refractivity contribution < 1.29 is 19.4 Å². The quantitative estimate of drug-likeness (QED) is 0.570. The summed E-state index contributed by atoms with van der Waals surface area (Å²) in [5.41, 5.74) is 2.51. The summed E-state index contributed by atoms with van der Waals surface area (Å²) in [6.07, 6.45) is 3.69. The van der Waals surface area contributed by atoms with Crippen molar-refractivity contribution in [1.29, 1.82) is 0 Å². The van der Waals surface area contributed by atoms with Crippen LogP contribution in [-0.2, 0) is 20.7 Å². The molecule has 0 bridgehead atoms. The van der Waals surface area contributed by atoms with Gasteiger partial charge < -0.3 is 15.2 Å². The van der Waals surface area contributed by atoms with E-state index < -0.39 is 5.97 Å². The third-order valence-corrected chi connectivity index (χ3v) is 2.88. The number of nitrogens with one attached hydrogen (secondary N) is 1. The SMILES string of the molecule is CCOCCC(=O)Nc1ccc(/C=C/C(=O)O)cc1CC. The molecule has 5 heteroatoms. The molecule has 1 amide bonds. The highest BCUT2D eigenvalue weighted by atomic mass is 16.5. The van der Waals surface area contributed by atoms with Crippen LogP contribution in [0.2, 0.25) is 0 Å². The first kappa shape index (κ1) is 16.9. The summed E-state index contributed by atoms with van der Waals surface area (Å²) in [5.74, 6) is -1.08. The highest BCUT2D eigenvalue weighted by molar-refractivity contribution is 5.92. The molecule has 0 saturated carbocycles. The molecule has 1 aromatic carbocycles. The smallest absolute Gasteiger partial charge is 0.328 e. The molecule has 1 aromatic rings. The highest BCUT2D eigenvalue weighted by Gasteiger charge is 2.06. The van der Waals surface area contributed by atoms with E-state index in [0.717, 1.165) is 29.3 Å². The van der Waals surface area contributed by atoms with Crippen LogP contribution in [0.3, 0.4) is 0 Å². The van der Waals surface area contributed by atoms with Crippen LogP contribution in [0.1, 0.15) is 31.4 Å². The van der Waals surface area contributed by atoms with E-state index in [9.17, 15) is 9.59 Å². The first-order chi connectivity index (χ1) is 10.1. The van der Waals surface area contributed by atoms with Crippen molar-refractivity contribution in [1.82, 2.24) is 0 Å². The van der Waals surface area contributed by atoms with Gasteiger partial charge >= 0.3 is 5.97 Å². The molecule has 1 rings (SSSR count). The molecule has 114 valence electrons. The fourth-order valence-electron chi connectivity index (χ4n) is 1.82. The monoisotopic (exact) mass is 291 g/mol. The van der Waals surface area contributed by atoms with Crippen molar-refractivity contribution in [2.75, 3.05) is 18.5 Å². The molecule has 0 fully saturated rings. The zero-order valence-electron chi connectivity index (χ0n) is 12.4. The second-order valence-corrected chi connectivity index (χ2v) is 4.44. The lowest BCUT2D eigenvalue weighted by Crippen LogP contribution is -2.15. The number of benzene rings is 1. The number of carbonyl (C=O) groups excluding carboxylic acids is 1. The molecule has 0 atom stereocenters. The summed E-state index contributed by atoms with van der Waals surface area (Å²) in [6, 6.07) is 5.44. The van der Waals surface area contributed by atoms with Crippen LogP contribution in [0.25, 0.3) is 6.08 Å². The van der Waals surface area contributed by atoms with Crippen molar-refractivity contribution in [2.24, 2.45) is 0 Å². The van der Waals surface area contributed by atoms with Crippen LogP contribution >= 0.6 is 0 Å². The van der Waals surface area contributed by atoms with Gasteiger partial charge in [0.15, 0.2) is 0 Å². The van der Waals surface area contributed by atoms with Gasteiger partial charge in [0.2, 0.25) is 5.91 Å². The van der Waals surface area contributed by atoms with Crippen molar-refractivity contribution in [3.05, 3.63) is 35.4 Å². The third kappa shape index (κ3) is 6.23. The van der Waals surface area contributed by atoms with Crippen molar-refractivity contribution >= 4 is 23.6 Å². The Kier molecular flexibility index (Phi) is 7.18. The largest absolute Gasteiger partial charge is 0.478 e. The van der Waals surface area contributed by atoms with Crippen LogP contribution in [0, 0.1) is 0 Å².